The van der Waals surface area contributed by atoms with Crippen LogP contribution >= 0.6 is 11.8 Å². The van der Waals surface area contributed by atoms with Gasteiger partial charge in [0.05, 0.1) is 11.4 Å². The van der Waals surface area contributed by atoms with E-state index in [-0.39, 0.29) is 29.8 Å². The second kappa shape index (κ2) is 8.77. The maximum atomic E-state index is 13.6. The summed E-state index contributed by atoms with van der Waals surface area (Å²) in [6.07, 6.45) is 1.80. The minimum atomic E-state index is -0.498. The predicted molar refractivity (Wildman–Crippen MR) is 101 cm³/mol. The van der Waals surface area contributed by atoms with E-state index < -0.39 is 11.7 Å². The van der Waals surface area contributed by atoms with E-state index in [0.717, 1.165) is 18.1 Å². The van der Waals surface area contributed by atoms with Crippen LogP contribution in [0.25, 0.3) is 0 Å². The molecule has 26 heavy (non-hydrogen) atoms. The molecule has 0 saturated carbocycles. The molecule has 0 bridgehead atoms. The second-order valence-corrected chi connectivity index (χ2v) is 6.99. The van der Waals surface area contributed by atoms with Crippen LogP contribution < -0.4 is 16.0 Å². The number of thioether (sulfide) groups is 1. The van der Waals surface area contributed by atoms with Gasteiger partial charge in [-0.1, -0.05) is 6.07 Å². The monoisotopic (exact) mass is 374 g/mol. The van der Waals surface area contributed by atoms with Crippen molar-refractivity contribution in [3.63, 3.8) is 0 Å². The topological polar surface area (TPSA) is 83.1 Å². The summed E-state index contributed by atoms with van der Waals surface area (Å²) in [6.45, 7) is 0.869. The molecule has 136 valence electrons. The van der Waals surface area contributed by atoms with Gasteiger partial charge in [-0.2, -0.15) is 11.8 Å². The number of pyridine rings is 1. The van der Waals surface area contributed by atoms with Crippen molar-refractivity contribution in [2.24, 2.45) is 0 Å². The number of aromatic nitrogens is 1. The van der Waals surface area contributed by atoms with Gasteiger partial charge in [0.25, 0.3) is 5.91 Å². The third kappa shape index (κ3) is 5.03. The molecule has 0 aliphatic carbocycles. The highest BCUT2D eigenvalue weighted by Crippen LogP contribution is 2.24. The van der Waals surface area contributed by atoms with Crippen LogP contribution in [0.5, 0.6) is 0 Å². The number of rotatable bonds is 5. The van der Waals surface area contributed by atoms with Crippen LogP contribution in [-0.4, -0.2) is 40.9 Å². The lowest BCUT2D eigenvalue weighted by Gasteiger charge is -2.22. The smallest absolute Gasteiger partial charge is 0.274 e. The number of carbonyl (C=O) groups excluding carboxylic acids is 2. The van der Waals surface area contributed by atoms with Crippen LogP contribution in [0.15, 0.2) is 42.6 Å². The number of nitrogens with one attached hydrogen (secondary N) is 3. The number of amides is 2. The summed E-state index contributed by atoms with van der Waals surface area (Å²) in [5.41, 5.74) is 0.779. The van der Waals surface area contributed by atoms with Crippen molar-refractivity contribution in [3.05, 3.63) is 54.1 Å². The predicted octanol–water partition coefficient (Wildman–Crippen LogP) is 2.51. The molecule has 2 aromatic rings. The number of carbonyl (C=O) groups is 2. The Morgan fingerprint density at radius 3 is 2.85 bits per heavy atom. The molecule has 6 nitrogen and oxygen atoms in total. The van der Waals surface area contributed by atoms with Gasteiger partial charge in [-0.15, -0.1) is 0 Å². The molecule has 1 aromatic heterocycles. The maximum absolute atomic E-state index is 13.6. The summed E-state index contributed by atoms with van der Waals surface area (Å²) in [5.74, 6) is 0.732. The number of benzene rings is 1. The van der Waals surface area contributed by atoms with Gasteiger partial charge >= 0.3 is 0 Å². The number of hydrogen-bond donors (Lipinski definition) is 3. The van der Waals surface area contributed by atoms with E-state index in [1.165, 1.54) is 24.4 Å². The Bertz CT molecular complexity index is 782. The molecule has 0 spiro atoms. The third-order valence-electron chi connectivity index (χ3n) is 3.83. The maximum Gasteiger partial charge on any atom is 0.274 e. The van der Waals surface area contributed by atoms with Crippen molar-refractivity contribution < 1.29 is 14.0 Å². The summed E-state index contributed by atoms with van der Waals surface area (Å²) < 4.78 is 13.6. The Morgan fingerprint density at radius 2 is 2.12 bits per heavy atom. The third-order valence-corrected chi connectivity index (χ3v) is 4.96. The Morgan fingerprint density at radius 1 is 1.23 bits per heavy atom. The Hall–Kier alpha value is -2.45. The highest BCUT2D eigenvalue weighted by molar-refractivity contribution is 7.99. The highest BCUT2D eigenvalue weighted by atomic mass is 32.2. The lowest BCUT2D eigenvalue weighted by Crippen LogP contribution is -2.40. The van der Waals surface area contributed by atoms with E-state index in [1.807, 2.05) is 0 Å². The summed E-state index contributed by atoms with van der Waals surface area (Å²) in [4.78, 5) is 28.5. The molecule has 1 aliphatic rings. The molecule has 2 heterocycles. The highest BCUT2D eigenvalue weighted by Gasteiger charge is 2.18. The SMILES string of the molecule is O=C(CC1CSCCN1)Nc1cc(F)ccc1NC(=O)c1ccccn1. The zero-order chi connectivity index (χ0) is 18.4. The van der Waals surface area contributed by atoms with E-state index in [0.29, 0.717) is 5.69 Å². The van der Waals surface area contributed by atoms with Gasteiger partial charge in [-0.25, -0.2) is 4.39 Å². The van der Waals surface area contributed by atoms with Crippen LogP contribution in [0, 0.1) is 5.82 Å². The average Bonchev–Trinajstić information content (AvgIpc) is 2.65. The summed E-state index contributed by atoms with van der Waals surface area (Å²) in [6, 6.07) is 8.90. The Balaban J connectivity index is 1.69. The Labute approximate surface area is 155 Å². The number of halogens is 1. The van der Waals surface area contributed by atoms with Crippen LogP contribution in [0.4, 0.5) is 15.8 Å². The zero-order valence-electron chi connectivity index (χ0n) is 14.0. The molecule has 1 saturated heterocycles. The number of nitrogens with zero attached hydrogens (tertiary/aromatic N) is 1. The average molecular weight is 374 g/mol. The lowest BCUT2D eigenvalue weighted by atomic mass is 10.2. The first kappa shape index (κ1) is 18.3. The van der Waals surface area contributed by atoms with Gasteiger partial charge in [-0.3, -0.25) is 14.6 Å². The van der Waals surface area contributed by atoms with Gasteiger partial charge in [0.15, 0.2) is 0 Å². The van der Waals surface area contributed by atoms with Crippen molar-refractivity contribution in [1.29, 1.82) is 0 Å². The van der Waals surface area contributed by atoms with Crippen LogP contribution in [0.2, 0.25) is 0 Å². The first-order chi connectivity index (χ1) is 12.6. The molecule has 0 radical (unpaired) electrons. The van der Waals surface area contributed by atoms with Crippen LogP contribution in [0.1, 0.15) is 16.9 Å². The molecule has 3 rings (SSSR count). The first-order valence-corrected chi connectivity index (χ1v) is 9.40. The molecule has 1 atom stereocenters. The fraction of sp³-hybridized carbons (Fsp3) is 0.278. The van der Waals surface area contributed by atoms with Crippen molar-refractivity contribution in [3.8, 4) is 0 Å². The minimum absolute atomic E-state index is 0.0915. The van der Waals surface area contributed by atoms with Gasteiger partial charge in [-0.05, 0) is 30.3 Å². The van der Waals surface area contributed by atoms with E-state index >= 15 is 0 Å². The zero-order valence-corrected chi connectivity index (χ0v) is 14.8. The largest absolute Gasteiger partial charge is 0.324 e. The molecule has 1 unspecified atom stereocenters. The molecular formula is C18H19FN4O2S. The fourth-order valence-corrected chi connectivity index (χ4v) is 3.54. The van der Waals surface area contributed by atoms with Gasteiger partial charge in [0.1, 0.15) is 11.5 Å². The first-order valence-electron chi connectivity index (χ1n) is 8.25. The number of anilines is 2. The normalized spacial score (nSPS) is 16.7. The van der Waals surface area contributed by atoms with Gasteiger partial charge in [0, 0.05) is 36.7 Å². The molecule has 1 aromatic carbocycles. The summed E-state index contributed by atoms with van der Waals surface area (Å²) in [5, 5.41) is 8.63. The lowest BCUT2D eigenvalue weighted by molar-refractivity contribution is -0.116. The minimum Gasteiger partial charge on any atom is -0.324 e. The van der Waals surface area contributed by atoms with E-state index in [2.05, 4.69) is 20.9 Å². The molecule has 8 heteroatoms. The summed E-state index contributed by atoms with van der Waals surface area (Å²) >= 11 is 1.80. The van der Waals surface area contributed by atoms with Crippen molar-refractivity contribution >= 4 is 35.0 Å². The molecule has 1 aliphatic heterocycles. The van der Waals surface area contributed by atoms with Crippen LogP contribution in [-0.2, 0) is 4.79 Å². The Kier molecular flexibility index (Phi) is 6.19. The molecule has 1 fully saturated rings. The molecule has 3 N–H and O–H groups in total. The van der Waals surface area contributed by atoms with E-state index in [1.54, 1.807) is 30.0 Å². The summed E-state index contributed by atoms with van der Waals surface area (Å²) in [7, 11) is 0. The van der Waals surface area contributed by atoms with Crippen LogP contribution in [0.3, 0.4) is 0 Å². The molecular weight excluding hydrogens is 355 g/mol. The van der Waals surface area contributed by atoms with E-state index in [9.17, 15) is 14.0 Å². The van der Waals surface area contributed by atoms with Crippen molar-refractivity contribution in [2.45, 2.75) is 12.5 Å². The van der Waals surface area contributed by atoms with Gasteiger partial charge < -0.3 is 16.0 Å². The second-order valence-electron chi connectivity index (χ2n) is 5.84. The van der Waals surface area contributed by atoms with Crippen molar-refractivity contribution in [1.82, 2.24) is 10.3 Å². The van der Waals surface area contributed by atoms with Gasteiger partial charge in [0.2, 0.25) is 5.91 Å². The fourth-order valence-electron chi connectivity index (χ4n) is 2.59. The standard InChI is InChI=1S/C18H19FN4O2S/c19-12-4-5-14(23-18(25)15-3-1-2-6-21-15)16(9-12)22-17(24)10-13-11-26-8-7-20-13/h1-6,9,13,20H,7-8,10-11H2,(H,22,24)(H,23,25). The number of hydrogen-bond acceptors (Lipinski definition) is 5. The van der Waals surface area contributed by atoms with E-state index in [4.69, 9.17) is 0 Å². The quantitative estimate of drug-likeness (QED) is 0.749. The van der Waals surface area contributed by atoms with Crippen molar-refractivity contribution in [2.75, 3.05) is 28.7 Å². The molecule has 2 amide bonds.